The minimum atomic E-state index is -0.393. The van der Waals surface area contributed by atoms with Crippen molar-refractivity contribution in [1.82, 2.24) is 30.2 Å². The molecule has 1 N–H and O–H groups in total. The van der Waals surface area contributed by atoms with Gasteiger partial charge in [0, 0.05) is 17.8 Å². The number of ether oxygens (including phenoxy) is 1. The van der Waals surface area contributed by atoms with Gasteiger partial charge in [0.25, 0.3) is 11.9 Å². The molecule has 0 atom stereocenters. The third-order valence-electron chi connectivity index (χ3n) is 5.06. The van der Waals surface area contributed by atoms with Gasteiger partial charge >= 0.3 is 5.97 Å². The van der Waals surface area contributed by atoms with Crippen LogP contribution in [0, 0.1) is 0 Å². The molecule has 33 heavy (non-hydrogen) atoms. The number of hydrogen-bond acceptors (Lipinski definition) is 8. The lowest BCUT2D eigenvalue weighted by Gasteiger charge is -2.19. The molecule has 0 saturated carbocycles. The molecule has 4 aromatic rings. The summed E-state index contributed by atoms with van der Waals surface area (Å²) in [7, 11) is 1.35. The van der Waals surface area contributed by atoms with Crippen LogP contribution in [0.5, 0.6) is 0 Å². The zero-order chi connectivity index (χ0) is 23.2. The number of aromatic amines is 1. The summed E-state index contributed by atoms with van der Waals surface area (Å²) in [6.07, 6.45) is 3.20. The van der Waals surface area contributed by atoms with Gasteiger partial charge in [-0.15, -0.1) is 16.4 Å². The number of esters is 1. The quantitative estimate of drug-likeness (QED) is 0.377. The van der Waals surface area contributed by atoms with E-state index in [1.54, 1.807) is 29.7 Å². The van der Waals surface area contributed by atoms with Crippen LogP contribution in [0.4, 0.5) is 5.95 Å². The van der Waals surface area contributed by atoms with Crippen LogP contribution in [0.15, 0.2) is 48.0 Å². The molecular weight excluding hydrogens is 442 g/mol. The van der Waals surface area contributed by atoms with E-state index in [0.717, 1.165) is 29.1 Å². The summed E-state index contributed by atoms with van der Waals surface area (Å²) in [6, 6.07) is 11.0. The number of hydrogen-bond donors (Lipinski definition) is 1. The molecule has 4 rings (SSSR count). The number of imidazole rings is 1. The Bertz CT molecular complexity index is 1200. The smallest absolute Gasteiger partial charge is 0.337 e. The second kappa shape index (κ2) is 10.2. The van der Waals surface area contributed by atoms with Gasteiger partial charge < -0.3 is 9.30 Å². The molecule has 0 bridgehead atoms. The van der Waals surface area contributed by atoms with E-state index in [1.807, 2.05) is 34.2 Å². The number of benzene rings is 1. The van der Waals surface area contributed by atoms with Gasteiger partial charge in [-0.25, -0.2) is 9.78 Å². The van der Waals surface area contributed by atoms with Gasteiger partial charge in [-0.1, -0.05) is 30.2 Å². The number of rotatable bonds is 9. The van der Waals surface area contributed by atoms with E-state index < -0.39 is 5.97 Å². The van der Waals surface area contributed by atoms with Gasteiger partial charge in [-0.2, -0.15) is 5.21 Å². The first-order valence-electron chi connectivity index (χ1n) is 10.4. The minimum absolute atomic E-state index is 0.195. The fourth-order valence-corrected chi connectivity index (χ4v) is 4.12. The summed E-state index contributed by atoms with van der Waals surface area (Å²) in [5, 5.41) is 16.0. The average Bonchev–Trinajstić information content (AvgIpc) is 3.61. The summed E-state index contributed by atoms with van der Waals surface area (Å²) in [5.41, 5.74) is 1.82. The Morgan fingerprint density at radius 1 is 1.21 bits per heavy atom. The number of carbonyl (C=O) groups is 2. The van der Waals surface area contributed by atoms with Crippen molar-refractivity contribution in [2.45, 2.75) is 32.9 Å². The molecule has 3 heterocycles. The normalized spacial score (nSPS) is 10.8. The van der Waals surface area contributed by atoms with E-state index in [2.05, 4.69) is 32.5 Å². The van der Waals surface area contributed by atoms with E-state index in [1.165, 1.54) is 12.0 Å². The Kier molecular flexibility index (Phi) is 6.89. The number of nitrogens with zero attached hydrogens (tertiary/aromatic N) is 6. The zero-order valence-corrected chi connectivity index (χ0v) is 19.1. The van der Waals surface area contributed by atoms with Crippen LogP contribution in [0.25, 0.3) is 0 Å². The van der Waals surface area contributed by atoms with Crippen LogP contribution < -0.4 is 4.90 Å². The van der Waals surface area contributed by atoms with Crippen molar-refractivity contribution in [2.24, 2.45) is 0 Å². The highest BCUT2D eigenvalue weighted by atomic mass is 32.1. The second-order valence-corrected chi connectivity index (χ2v) is 8.30. The van der Waals surface area contributed by atoms with E-state index in [4.69, 9.17) is 4.74 Å². The largest absolute Gasteiger partial charge is 0.465 e. The predicted molar refractivity (Wildman–Crippen MR) is 122 cm³/mol. The van der Waals surface area contributed by atoms with E-state index >= 15 is 0 Å². The number of thiophene rings is 1. The molecule has 3 aromatic heterocycles. The van der Waals surface area contributed by atoms with Gasteiger partial charge in [-0.05, 0) is 40.8 Å². The molecule has 0 aliphatic carbocycles. The van der Waals surface area contributed by atoms with Crippen LogP contribution in [0.1, 0.15) is 50.5 Å². The predicted octanol–water partition coefficient (Wildman–Crippen LogP) is 3.09. The van der Waals surface area contributed by atoms with Crippen molar-refractivity contribution in [3.05, 3.63) is 75.5 Å². The maximum Gasteiger partial charge on any atom is 0.337 e. The third kappa shape index (κ3) is 4.98. The van der Waals surface area contributed by atoms with Crippen LogP contribution in [0.3, 0.4) is 0 Å². The fraction of sp³-hybridized carbons (Fsp3) is 0.273. The Hall–Kier alpha value is -3.86. The standard InChI is InChI=1S/C22H23N7O3S/c1-3-5-19-23-12-18(28(19)13-15-7-9-16(10-8-15)21(31)32-2)20(30)29(22-24-26-27-25-22)14-17-6-4-11-33-17/h4,6-12H,3,5,13-14H2,1-2H3,(H,24,25,26,27). The number of aryl methyl sites for hydroxylation is 1. The molecule has 0 radical (unpaired) electrons. The number of H-pyrrole nitrogens is 1. The van der Waals surface area contributed by atoms with Gasteiger partial charge in [0.1, 0.15) is 11.5 Å². The van der Waals surface area contributed by atoms with Crippen LogP contribution in [-0.4, -0.2) is 49.2 Å². The maximum absolute atomic E-state index is 13.7. The second-order valence-electron chi connectivity index (χ2n) is 7.27. The number of carbonyl (C=O) groups excluding carboxylic acids is 2. The van der Waals surface area contributed by atoms with Crippen molar-refractivity contribution in [1.29, 1.82) is 0 Å². The maximum atomic E-state index is 13.7. The Balaban J connectivity index is 1.66. The molecular formula is C22H23N7O3S. The Labute approximate surface area is 194 Å². The molecule has 0 aliphatic rings. The average molecular weight is 466 g/mol. The molecule has 0 saturated heterocycles. The lowest BCUT2D eigenvalue weighted by Crippen LogP contribution is -2.33. The summed E-state index contributed by atoms with van der Waals surface area (Å²) in [5.74, 6) is 0.338. The van der Waals surface area contributed by atoms with Gasteiger partial charge in [0.2, 0.25) is 0 Å². The highest BCUT2D eigenvalue weighted by Crippen LogP contribution is 2.20. The van der Waals surface area contributed by atoms with Crippen LogP contribution in [0.2, 0.25) is 0 Å². The molecule has 0 aliphatic heterocycles. The lowest BCUT2D eigenvalue weighted by molar-refractivity contribution is 0.0600. The summed E-state index contributed by atoms with van der Waals surface area (Å²) in [6.45, 7) is 2.81. The van der Waals surface area contributed by atoms with Crippen molar-refractivity contribution in [2.75, 3.05) is 12.0 Å². The Morgan fingerprint density at radius 2 is 2.03 bits per heavy atom. The molecule has 0 fully saturated rings. The number of methoxy groups -OCH3 is 1. The topological polar surface area (TPSA) is 119 Å². The molecule has 1 aromatic carbocycles. The molecule has 0 spiro atoms. The molecule has 1 amide bonds. The lowest BCUT2D eigenvalue weighted by atomic mass is 10.1. The number of anilines is 1. The van der Waals surface area contributed by atoms with Gasteiger partial charge in [0.15, 0.2) is 0 Å². The van der Waals surface area contributed by atoms with E-state index in [-0.39, 0.29) is 11.9 Å². The highest BCUT2D eigenvalue weighted by molar-refractivity contribution is 7.09. The zero-order valence-electron chi connectivity index (χ0n) is 18.3. The van der Waals surface area contributed by atoms with Crippen LogP contribution in [-0.2, 0) is 24.2 Å². The summed E-state index contributed by atoms with van der Waals surface area (Å²) >= 11 is 1.55. The van der Waals surface area contributed by atoms with Gasteiger partial charge in [-0.3, -0.25) is 9.69 Å². The van der Waals surface area contributed by atoms with Crippen LogP contribution >= 0.6 is 11.3 Å². The fourth-order valence-electron chi connectivity index (χ4n) is 3.43. The molecule has 11 heteroatoms. The Morgan fingerprint density at radius 3 is 2.67 bits per heavy atom. The monoisotopic (exact) mass is 465 g/mol. The number of nitrogens with one attached hydrogen (secondary N) is 1. The number of tetrazole rings is 1. The number of amides is 1. The van der Waals surface area contributed by atoms with E-state index in [9.17, 15) is 9.59 Å². The first-order chi connectivity index (χ1) is 16.1. The highest BCUT2D eigenvalue weighted by Gasteiger charge is 2.26. The van der Waals surface area contributed by atoms with Crippen molar-refractivity contribution < 1.29 is 14.3 Å². The molecule has 0 unspecified atom stereocenters. The van der Waals surface area contributed by atoms with Crippen molar-refractivity contribution in [3.63, 3.8) is 0 Å². The van der Waals surface area contributed by atoms with Crippen molar-refractivity contribution >= 4 is 29.2 Å². The van der Waals surface area contributed by atoms with E-state index in [0.29, 0.717) is 24.3 Å². The summed E-state index contributed by atoms with van der Waals surface area (Å²) < 4.78 is 6.67. The first-order valence-corrected chi connectivity index (χ1v) is 11.3. The SMILES string of the molecule is CCCc1ncc(C(=O)N(Cc2cccs2)c2nn[nH]n2)n1Cc1ccc(C(=O)OC)cc1. The third-order valence-corrected chi connectivity index (χ3v) is 5.92. The van der Waals surface area contributed by atoms with Gasteiger partial charge in [0.05, 0.1) is 25.4 Å². The number of aromatic nitrogens is 6. The van der Waals surface area contributed by atoms with Crippen molar-refractivity contribution in [3.8, 4) is 0 Å². The minimum Gasteiger partial charge on any atom is -0.465 e. The molecule has 170 valence electrons. The summed E-state index contributed by atoms with van der Waals surface area (Å²) in [4.78, 5) is 32.4. The first kappa shape index (κ1) is 22.3. The molecule has 10 nitrogen and oxygen atoms in total.